The van der Waals surface area contributed by atoms with Crippen LogP contribution in [0.4, 0.5) is 5.69 Å². The number of nitrogens with one attached hydrogen (secondary N) is 1. The first-order chi connectivity index (χ1) is 12.1. The van der Waals surface area contributed by atoms with Gasteiger partial charge in [-0.05, 0) is 29.8 Å². The number of aromatic nitrogens is 2. The number of rotatable bonds is 6. The second-order valence-corrected chi connectivity index (χ2v) is 5.76. The molecular formula is C18H16ClN3O3. The van der Waals surface area contributed by atoms with E-state index < -0.39 is 0 Å². The third-order valence-corrected chi connectivity index (χ3v) is 3.67. The Balaban J connectivity index is 1.52. The maximum atomic E-state index is 12.0. The Hall–Kier alpha value is -2.86. The van der Waals surface area contributed by atoms with Crippen LogP contribution in [0.2, 0.25) is 5.02 Å². The molecule has 0 unspecified atom stereocenters. The summed E-state index contributed by atoms with van der Waals surface area (Å²) in [6.45, 7) is 1.63. The molecule has 128 valence electrons. The monoisotopic (exact) mass is 357 g/mol. The number of anilines is 1. The molecule has 0 atom stereocenters. The summed E-state index contributed by atoms with van der Waals surface area (Å²) >= 11 is 5.98. The Kier molecular flexibility index (Phi) is 5.30. The molecule has 1 heterocycles. The smallest absolute Gasteiger partial charge is 0.262 e. The van der Waals surface area contributed by atoms with E-state index in [1.54, 1.807) is 31.2 Å². The van der Waals surface area contributed by atoms with Crippen LogP contribution in [-0.2, 0) is 11.2 Å². The first-order valence-corrected chi connectivity index (χ1v) is 8.03. The molecule has 0 saturated carbocycles. The largest absolute Gasteiger partial charge is 0.482 e. The molecule has 25 heavy (non-hydrogen) atoms. The van der Waals surface area contributed by atoms with Gasteiger partial charge in [-0.2, -0.15) is 0 Å². The van der Waals surface area contributed by atoms with Crippen LogP contribution in [0.25, 0.3) is 0 Å². The fourth-order valence-corrected chi connectivity index (χ4v) is 2.38. The molecule has 0 bridgehead atoms. The van der Waals surface area contributed by atoms with Crippen LogP contribution >= 0.6 is 11.6 Å². The predicted molar refractivity (Wildman–Crippen MR) is 93.9 cm³/mol. The normalized spacial score (nSPS) is 10.5. The molecule has 0 fully saturated rings. The van der Waals surface area contributed by atoms with Crippen molar-refractivity contribution in [3.8, 4) is 5.75 Å². The van der Waals surface area contributed by atoms with Gasteiger partial charge in [-0.3, -0.25) is 4.79 Å². The number of halogens is 1. The van der Waals surface area contributed by atoms with Crippen LogP contribution in [0.5, 0.6) is 5.75 Å². The topological polar surface area (TPSA) is 77.2 Å². The van der Waals surface area contributed by atoms with E-state index in [1.807, 2.05) is 24.3 Å². The highest BCUT2D eigenvalue weighted by atomic mass is 35.5. The van der Waals surface area contributed by atoms with E-state index in [1.165, 1.54) is 0 Å². The fraction of sp³-hybridized carbons (Fsp3) is 0.167. The zero-order valence-electron chi connectivity index (χ0n) is 13.5. The number of carbonyl (C=O) groups excluding carboxylic acids is 1. The van der Waals surface area contributed by atoms with Crippen molar-refractivity contribution in [3.63, 3.8) is 0 Å². The highest BCUT2D eigenvalue weighted by Crippen LogP contribution is 2.23. The molecule has 1 N–H and O–H groups in total. The number of benzene rings is 2. The van der Waals surface area contributed by atoms with Gasteiger partial charge in [0.1, 0.15) is 5.75 Å². The van der Waals surface area contributed by atoms with Crippen LogP contribution in [0.3, 0.4) is 0 Å². The first kappa shape index (κ1) is 17.0. The van der Waals surface area contributed by atoms with E-state index in [9.17, 15) is 4.79 Å². The van der Waals surface area contributed by atoms with Crippen molar-refractivity contribution in [2.45, 2.75) is 13.3 Å². The summed E-state index contributed by atoms with van der Waals surface area (Å²) in [5, 5.41) is 11.0. The van der Waals surface area contributed by atoms with Crippen LogP contribution in [0.1, 0.15) is 17.3 Å². The quantitative estimate of drug-likeness (QED) is 0.728. The molecule has 3 aromatic rings. The van der Waals surface area contributed by atoms with E-state index in [4.69, 9.17) is 20.8 Å². The molecule has 1 amide bonds. The average Bonchev–Trinajstić information content (AvgIpc) is 3.01. The van der Waals surface area contributed by atoms with Crippen molar-refractivity contribution in [3.05, 3.63) is 70.9 Å². The molecule has 0 aliphatic rings. The molecule has 2 aromatic carbocycles. The standard InChI is InChI=1S/C18H16ClN3O3/c1-12-21-22-18(25-12)10-13-6-8-14(9-7-13)20-17(23)11-24-16-5-3-2-4-15(16)19/h2-9H,10-11H2,1H3,(H,20,23). The Morgan fingerprint density at radius 3 is 2.60 bits per heavy atom. The summed E-state index contributed by atoms with van der Waals surface area (Å²) in [4.78, 5) is 12.0. The van der Waals surface area contributed by atoms with E-state index in [0.29, 0.717) is 34.7 Å². The highest BCUT2D eigenvalue weighted by molar-refractivity contribution is 6.32. The first-order valence-electron chi connectivity index (χ1n) is 7.65. The maximum absolute atomic E-state index is 12.0. The van der Waals surface area contributed by atoms with E-state index in [-0.39, 0.29) is 12.5 Å². The third-order valence-electron chi connectivity index (χ3n) is 3.36. The number of nitrogens with zero attached hydrogens (tertiary/aromatic N) is 2. The van der Waals surface area contributed by atoms with Gasteiger partial charge < -0.3 is 14.5 Å². The maximum Gasteiger partial charge on any atom is 0.262 e. The molecule has 6 nitrogen and oxygen atoms in total. The fourth-order valence-electron chi connectivity index (χ4n) is 2.19. The molecule has 0 spiro atoms. The molecule has 3 rings (SSSR count). The number of hydrogen-bond acceptors (Lipinski definition) is 5. The molecule has 0 saturated heterocycles. The number of ether oxygens (including phenoxy) is 1. The van der Waals surface area contributed by atoms with Crippen molar-refractivity contribution in [2.24, 2.45) is 0 Å². The summed E-state index contributed by atoms with van der Waals surface area (Å²) in [6.07, 6.45) is 0.546. The van der Waals surface area contributed by atoms with Crippen molar-refractivity contribution in [2.75, 3.05) is 11.9 Å². The minimum atomic E-state index is -0.264. The SMILES string of the molecule is Cc1nnc(Cc2ccc(NC(=O)COc3ccccc3Cl)cc2)o1. The molecule has 0 aliphatic heterocycles. The number of aryl methyl sites for hydroxylation is 1. The molecular weight excluding hydrogens is 342 g/mol. The van der Waals surface area contributed by atoms with Crippen molar-refractivity contribution in [1.82, 2.24) is 10.2 Å². The number of amides is 1. The number of para-hydroxylation sites is 1. The molecule has 7 heteroatoms. The molecule has 1 aromatic heterocycles. The van der Waals surface area contributed by atoms with Gasteiger partial charge >= 0.3 is 0 Å². The lowest BCUT2D eigenvalue weighted by Gasteiger charge is -2.09. The van der Waals surface area contributed by atoms with Crippen LogP contribution < -0.4 is 10.1 Å². The lowest BCUT2D eigenvalue weighted by molar-refractivity contribution is -0.118. The summed E-state index contributed by atoms with van der Waals surface area (Å²) in [5.74, 6) is 1.31. The minimum absolute atomic E-state index is 0.118. The van der Waals surface area contributed by atoms with Crippen LogP contribution in [0.15, 0.2) is 52.9 Å². The zero-order chi connectivity index (χ0) is 17.6. The van der Waals surface area contributed by atoms with Gasteiger partial charge in [0.05, 0.1) is 11.4 Å². The summed E-state index contributed by atoms with van der Waals surface area (Å²) in [7, 11) is 0. The van der Waals surface area contributed by atoms with E-state index in [0.717, 1.165) is 5.56 Å². The molecule has 0 radical (unpaired) electrons. The second kappa shape index (κ2) is 7.81. The van der Waals surface area contributed by atoms with Crippen LogP contribution in [0, 0.1) is 6.92 Å². The molecule has 0 aliphatic carbocycles. The second-order valence-electron chi connectivity index (χ2n) is 5.36. The van der Waals surface area contributed by atoms with E-state index >= 15 is 0 Å². The summed E-state index contributed by atoms with van der Waals surface area (Å²) in [6, 6.07) is 14.4. The van der Waals surface area contributed by atoms with Gasteiger partial charge in [-0.25, -0.2) is 0 Å². The van der Waals surface area contributed by atoms with Crippen molar-refractivity contribution in [1.29, 1.82) is 0 Å². The summed E-state index contributed by atoms with van der Waals surface area (Å²) in [5.41, 5.74) is 1.69. The lowest BCUT2D eigenvalue weighted by atomic mass is 10.1. The third kappa shape index (κ3) is 4.81. The number of hydrogen-bond donors (Lipinski definition) is 1. The zero-order valence-corrected chi connectivity index (χ0v) is 14.3. The average molecular weight is 358 g/mol. The Morgan fingerprint density at radius 1 is 1.16 bits per heavy atom. The number of carbonyl (C=O) groups is 1. The van der Waals surface area contributed by atoms with Crippen LogP contribution in [-0.4, -0.2) is 22.7 Å². The van der Waals surface area contributed by atoms with Crippen molar-refractivity contribution >= 4 is 23.2 Å². The van der Waals surface area contributed by atoms with Gasteiger partial charge in [0, 0.05) is 12.6 Å². The Morgan fingerprint density at radius 2 is 1.92 bits per heavy atom. The van der Waals surface area contributed by atoms with E-state index in [2.05, 4.69) is 15.5 Å². The Labute approximate surface area is 149 Å². The predicted octanol–water partition coefficient (Wildman–Crippen LogP) is 3.64. The summed E-state index contributed by atoms with van der Waals surface area (Å²) < 4.78 is 10.8. The van der Waals surface area contributed by atoms with Gasteiger partial charge in [0.2, 0.25) is 11.8 Å². The van der Waals surface area contributed by atoms with Crippen molar-refractivity contribution < 1.29 is 13.9 Å². The van der Waals surface area contributed by atoms with Gasteiger partial charge in [0.25, 0.3) is 5.91 Å². The highest BCUT2D eigenvalue weighted by Gasteiger charge is 2.07. The van der Waals surface area contributed by atoms with Gasteiger partial charge in [-0.15, -0.1) is 10.2 Å². The minimum Gasteiger partial charge on any atom is -0.482 e. The Bertz CT molecular complexity index is 862. The lowest BCUT2D eigenvalue weighted by Crippen LogP contribution is -2.20. The van der Waals surface area contributed by atoms with Gasteiger partial charge in [0.15, 0.2) is 6.61 Å². The van der Waals surface area contributed by atoms with Gasteiger partial charge in [-0.1, -0.05) is 35.9 Å².